The molecule has 4 aromatic heterocycles. The average Bonchev–Trinajstić information content (AvgIpc) is 3.74. The normalized spacial score (nSPS) is 11.6. The highest BCUT2D eigenvalue weighted by Crippen LogP contribution is 2.30. The zero-order valence-corrected chi connectivity index (χ0v) is 29.9. The summed E-state index contributed by atoms with van der Waals surface area (Å²) in [6, 6.07) is 24.9. The first-order valence-electron chi connectivity index (χ1n) is 14.4. The van der Waals surface area contributed by atoms with Crippen molar-refractivity contribution in [3.05, 3.63) is 113 Å². The molecule has 0 bridgehead atoms. The van der Waals surface area contributed by atoms with E-state index in [1.165, 1.54) is 23.3 Å². The topological polar surface area (TPSA) is 158 Å². The summed E-state index contributed by atoms with van der Waals surface area (Å²) in [4.78, 5) is 17.4. The highest BCUT2D eigenvalue weighted by atomic mass is 35.5. The second kappa shape index (κ2) is 14.0. The number of nitrogens with zero attached hydrogens (tertiary/aromatic N) is 4. The lowest BCUT2D eigenvalue weighted by atomic mass is 10.2. The Morgan fingerprint density at radius 2 is 1.16 bits per heavy atom. The molecule has 0 atom stereocenters. The van der Waals surface area contributed by atoms with Crippen molar-refractivity contribution >= 4 is 113 Å². The van der Waals surface area contributed by atoms with E-state index in [-0.39, 0.29) is 9.79 Å². The third-order valence-corrected chi connectivity index (χ3v) is 11.4. The van der Waals surface area contributed by atoms with Crippen LogP contribution in [0.15, 0.2) is 118 Å². The Balaban J connectivity index is 0.000000141. The lowest BCUT2D eigenvalue weighted by Gasteiger charge is -2.10. The monoisotopic (exact) mass is 746 g/mol. The molecule has 0 aliphatic heterocycles. The van der Waals surface area contributed by atoms with E-state index in [1.807, 2.05) is 53.5 Å². The lowest BCUT2D eigenvalue weighted by Crippen LogP contribution is -1.98. The molecule has 0 saturated carbocycles. The first kappa shape index (κ1) is 34.1. The summed E-state index contributed by atoms with van der Waals surface area (Å²) >= 11 is 9.17. The van der Waals surface area contributed by atoms with Gasteiger partial charge in [-0.05, 0) is 84.9 Å². The van der Waals surface area contributed by atoms with Crippen LogP contribution >= 0.6 is 34.3 Å². The van der Waals surface area contributed by atoms with E-state index in [0.29, 0.717) is 15.9 Å². The van der Waals surface area contributed by atoms with Gasteiger partial charge in [-0.3, -0.25) is 9.97 Å². The lowest BCUT2D eigenvalue weighted by molar-refractivity contribution is 0.600. The summed E-state index contributed by atoms with van der Waals surface area (Å²) < 4.78 is 48.6. The smallest absolute Gasteiger partial charge is 0.175 e. The fourth-order valence-corrected chi connectivity index (χ4v) is 7.57. The average molecular weight is 747 g/mol. The predicted molar refractivity (Wildman–Crippen MR) is 202 cm³/mol. The van der Waals surface area contributed by atoms with Crippen molar-refractivity contribution in [2.45, 2.75) is 9.79 Å². The molecule has 8 aromatic rings. The summed E-state index contributed by atoms with van der Waals surface area (Å²) in [7, 11) is -6.47. The van der Waals surface area contributed by atoms with Crippen LogP contribution in [0.1, 0.15) is 0 Å². The van der Waals surface area contributed by atoms with Crippen LogP contribution in [-0.4, -0.2) is 49.3 Å². The summed E-state index contributed by atoms with van der Waals surface area (Å²) in [6.07, 6.45) is 5.66. The highest BCUT2D eigenvalue weighted by molar-refractivity contribution is 7.91. The van der Waals surface area contributed by atoms with E-state index in [1.54, 1.807) is 71.5 Å². The Morgan fingerprint density at radius 3 is 1.80 bits per heavy atom. The largest absolute Gasteiger partial charge is 0.399 e. The van der Waals surface area contributed by atoms with Gasteiger partial charge in [0.05, 0.1) is 57.3 Å². The number of nitrogens with two attached hydrogens (primary N) is 1. The Morgan fingerprint density at radius 1 is 0.612 bits per heavy atom. The van der Waals surface area contributed by atoms with E-state index < -0.39 is 19.7 Å². The number of nitrogens with one attached hydrogen (secondary N) is 1. The van der Waals surface area contributed by atoms with Gasteiger partial charge >= 0.3 is 0 Å². The van der Waals surface area contributed by atoms with Crippen molar-refractivity contribution < 1.29 is 16.8 Å². The molecular formula is C34H27ClN6O4S4. The molecule has 4 heterocycles. The number of halogens is 1. The Kier molecular flexibility index (Phi) is 9.77. The molecule has 0 radical (unpaired) electrons. The van der Waals surface area contributed by atoms with Crippen LogP contribution in [0.2, 0.25) is 5.02 Å². The summed E-state index contributed by atoms with van der Waals surface area (Å²) in [5, 5.41) is 5.26. The molecule has 3 N–H and O–H groups in total. The van der Waals surface area contributed by atoms with Gasteiger partial charge in [-0.25, -0.2) is 26.8 Å². The van der Waals surface area contributed by atoms with E-state index in [9.17, 15) is 16.8 Å². The third-order valence-electron chi connectivity index (χ3n) is 7.19. The quantitative estimate of drug-likeness (QED) is 0.168. The van der Waals surface area contributed by atoms with Crippen LogP contribution in [-0.2, 0) is 19.7 Å². The van der Waals surface area contributed by atoms with E-state index in [2.05, 4.69) is 25.3 Å². The molecule has 8 rings (SSSR count). The van der Waals surface area contributed by atoms with Gasteiger partial charge in [0.2, 0.25) is 0 Å². The molecule has 15 heteroatoms. The minimum absolute atomic E-state index is 0.255. The maximum atomic E-state index is 11.8. The first-order chi connectivity index (χ1) is 23.3. The molecule has 0 unspecified atom stereocenters. The number of hydrogen-bond donors (Lipinski definition) is 2. The molecule has 248 valence electrons. The second-order valence-corrected chi connectivity index (χ2v) is 17.0. The Bertz CT molecular complexity index is 2700. The van der Waals surface area contributed by atoms with Crippen molar-refractivity contribution in [1.82, 2.24) is 19.9 Å². The van der Waals surface area contributed by atoms with Gasteiger partial charge < -0.3 is 11.1 Å². The maximum Gasteiger partial charge on any atom is 0.175 e. The minimum atomic E-state index is -3.27. The number of thiazole rings is 2. The van der Waals surface area contributed by atoms with Crippen LogP contribution in [0, 0.1) is 0 Å². The molecule has 0 amide bonds. The van der Waals surface area contributed by atoms with Crippen LogP contribution < -0.4 is 11.1 Å². The van der Waals surface area contributed by atoms with Crippen molar-refractivity contribution in [2.75, 3.05) is 23.6 Å². The molecule has 0 fully saturated rings. The van der Waals surface area contributed by atoms with Gasteiger partial charge in [0.15, 0.2) is 19.7 Å². The number of nitrogen functional groups attached to an aromatic ring is 1. The molecular weight excluding hydrogens is 720 g/mol. The van der Waals surface area contributed by atoms with E-state index >= 15 is 0 Å². The van der Waals surface area contributed by atoms with E-state index in [4.69, 9.17) is 17.3 Å². The molecule has 0 aliphatic carbocycles. The standard InChI is InChI=1S/C17H13N3O2S2.C10H8ClNO2S.C7H6N2S/c1-24(21,22)12-3-4-14-13(9-12)15(6-7-18-14)20-11-2-5-17-16(8-11)19-10-23-17;1-15(13,14)7-2-3-10-8(6-7)9(11)4-5-12-10;8-5-1-2-7-6(3-5)9-4-10-7/h2-10H,1H3,(H,18,20);2-6H,1H3;1-4H,8H2. The Labute approximate surface area is 295 Å². The predicted octanol–water partition coefficient (Wildman–Crippen LogP) is 8.16. The fourth-order valence-electron chi connectivity index (χ4n) is 4.75. The number of aromatic nitrogens is 4. The molecule has 0 aliphatic rings. The molecule has 0 saturated heterocycles. The summed E-state index contributed by atoms with van der Waals surface area (Å²) in [5.41, 5.74) is 15.0. The van der Waals surface area contributed by atoms with Gasteiger partial charge in [0.25, 0.3) is 0 Å². The number of fused-ring (bicyclic) bond motifs is 4. The molecule has 4 aromatic carbocycles. The first-order valence-corrected chi connectivity index (χ1v) is 20.3. The number of benzene rings is 4. The number of rotatable bonds is 4. The van der Waals surface area contributed by atoms with Crippen LogP contribution in [0.3, 0.4) is 0 Å². The van der Waals surface area contributed by atoms with Crippen LogP contribution in [0.4, 0.5) is 17.1 Å². The van der Waals surface area contributed by atoms with Gasteiger partial charge in [-0.2, -0.15) is 0 Å². The van der Waals surface area contributed by atoms with Crippen LogP contribution in [0.25, 0.3) is 42.2 Å². The number of pyridine rings is 2. The fraction of sp³-hybridized carbons (Fsp3) is 0.0588. The van der Waals surface area contributed by atoms with Crippen molar-refractivity contribution in [1.29, 1.82) is 0 Å². The molecule has 0 spiro atoms. The maximum absolute atomic E-state index is 11.8. The Hall–Kier alpha value is -4.73. The summed E-state index contributed by atoms with van der Waals surface area (Å²) in [5.74, 6) is 0. The minimum Gasteiger partial charge on any atom is -0.399 e. The second-order valence-electron chi connectivity index (χ2n) is 10.8. The number of anilines is 3. The van der Waals surface area contributed by atoms with Crippen molar-refractivity contribution in [3.63, 3.8) is 0 Å². The number of sulfone groups is 2. The van der Waals surface area contributed by atoms with Gasteiger partial charge in [-0.1, -0.05) is 11.6 Å². The van der Waals surface area contributed by atoms with Gasteiger partial charge in [-0.15, -0.1) is 22.7 Å². The molecule has 49 heavy (non-hydrogen) atoms. The summed E-state index contributed by atoms with van der Waals surface area (Å²) in [6.45, 7) is 0. The SMILES string of the molecule is CS(=O)(=O)c1ccc2nccc(Cl)c2c1.CS(=O)(=O)c1ccc2nccc(Nc3ccc4scnc4c3)c2c1.Nc1ccc2scnc2c1. The number of hydrogen-bond acceptors (Lipinski definition) is 12. The zero-order valence-electron chi connectivity index (χ0n) is 25.9. The van der Waals surface area contributed by atoms with Gasteiger partial charge in [0, 0.05) is 52.7 Å². The van der Waals surface area contributed by atoms with Crippen molar-refractivity contribution in [3.8, 4) is 0 Å². The zero-order chi connectivity index (χ0) is 34.8. The molecule has 10 nitrogen and oxygen atoms in total. The van der Waals surface area contributed by atoms with Crippen molar-refractivity contribution in [2.24, 2.45) is 0 Å². The van der Waals surface area contributed by atoms with Gasteiger partial charge in [0.1, 0.15) is 0 Å². The highest BCUT2D eigenvalue weighted by Gasteiger charge is 2.11. The third kappa shape index (κ3) is 8.12. The van der Waals surface area contributed by atoms with E-state index in [0.717, 1.165) is 43.7 Å². The van der Waals surface area contributed by atoms with Crippen LogP contribution in [0.5, 0.6) is 0 Å².